The maximum Gasteiger partial charge on any atom is 0.331 e. The SMILES string of the molecule is CCOC(=O)C(NC(=O)NC(c1ccccc1)c1ccccc1)C(O)c1ccccc1. The lowest BCUT2D eigenvalue weighted by Crippen LogP contribution is -2.50. The van der Waals surface area contributed by atoms with Gasteiger partial charge in [-0.2, -0.15) is 0 Å². The zero-order chi connectivity index (χ0) is 22.1. The van der Waals surface area contributed by atoms with Crippen LogP contribution in [-0.4, -0.2) is 29.8 Å². The van der Waals surface area contributed by atoms with E-state index in [4.69, 9.17) is 4.74 Å². The van der Waals surface area contributed by atoms with Gasteiger partial charge >= 0.3 is 12.0 Å². The largest absolute Gasteiger partial charge is 0.464 e. The summed E-state index contributed by atoms with van der Waals surface area (Å²) in [5.74, 6) is -0.704. The number of amides is 2. The van der Waals surface area contributed by atoms with Crippen LogP contribution < -0.4 is 10.6 Å². The third-order valence-corrected chi connectivity index (χ3v) is 4.83. The van der Waals surface area contributed by atoms with E-state index in [0.717, 1.165) is 11.1 Å². The van der Waals surface area contributed by atoms with Crippen LogP contribution in [0.25, 0.3) is 0 Å². The molecule has 2 atom stereocenters. The number of esters is 1. The van der Waals surface area contributed by atoms with Crippen LogP contribution in [0.2, 0.25) is 0 Å². The van der Waals surface area contributed by atoms with Crippen LogP contribution in [0.5, 0.6) is 0 Å². The summed E-state index contributed by atoms with van der Waals surface area (Å²) in [7, 11) is 0. The van der Waals surface area contributed by atoms with Crippen LogP contribution in [0.1, 0.15) is 35.8 Å². The molecule has 0 fully saturated rings. The molecule has 2 amide bonds. The summed E-state index contributed by atoms with van der Waals surface area (Å²) >= 11 is 0. The van der Waals surface area contributed by atoms with Crippen molar-refractivity contribution in [3.63, 3.8) is 0 Å². The molecule has 0 aromatic heterocycles. The van der Waals surface area contributed by atoms with E-state index in [-0.39, 0.29) is 6.61 Å². The summed E-state index contributed by atoms with van der Waals surface area (Å²) in [6.07, 6.45) is -1.25. The Kier molecular flexibility index (Phi) is 7.79. The number of nitrogens with one attached hydrogen (secondary N) is 2. The fraction of sp³-hybridized carbons (Fsp3) is 0.200. The molecule has 3 aromatic rings. The molecule has 3 aromatic carbocycles. The van der Waals surface area contributed by atoms with Crippen molar-refractivity contribution in [1.82, 2.24) is 10.6 Å². The molecule has 0 bridgehead atoms. The van der Waals surface area contributed by atoms with Crippen molar-refractivity contribution in [2.75, 3.05) is 6.61 Å². The Morgan fingerprint density at radius 2 is 1.23 bits per heavy atom. The summed E-state index contributed by atoms with van der Waals surface area (Å²) < 4.78 is 5.08. The normalized spacial score (nSPS) is 12.6. The average molecular weight is 418 g/mol. The number of benzene rings is 3. The van der Waals surface area contributed by atoms with E-state index in [1.165, 1.54) is 0 Å². The molecule has 3 rings (SSSR count). The van der Waals surface area contributed by atoms with E-state index in [0.29, 0.717) is 5.56 Å². The predicted molar refractivity (Wildman–Crippen MR) is 118 cm³/mol. The van der Waals surface area contributed by atoms with Gasteiger partial charge in [0.05, 0.1) is 12.6 Å². The number of aliphatic hydroxyl groups is 1. The second-order valence-corrected chi connectivity index (χ2v) is 6.96. The Hall–Kier alpha value is -3.64. The highest BCUT2D eigenvalue weighted by molar-refractivity contribution is 5.84. The number of ether oxygens (including phenoxy) is 1. The molecular weight excluding hydrogens is 392 g/mol. The minimum absolute atomic E-state index is 0.136. The van der Waals surface area contributed by atoms with E-state index in [1.807, 2.05) is 60.7 Å². The van der Waals surface area contributed by atoms with Crippen LogP contribution in [0.15, 0.2) is 91.0 Å². The van der Waals surface area contributed by atoms with Gasteiger partial charge < -0.3 is 20.5 Å². The monoisotopic (exact) mass is 418 g/mol. The number of hydrogen-bond donors (Lipinski definition) is 3. The van der Waals surface area contributed by atoms with E-state index in [2.05, 4.69) is 10.6 Å². The first-order valence-corrected chi connectivity index (χ1v) is 10.2. The zero-order valence-corrected chi connectivity index (χ0v) is 17.3. The Morgan fingerprint density at radius 1 is 0.774 bits per heavy atom. The predicted octanol–water partition coefficient (Wildman–Crippen LogP) is 3.74. The number of carbonyl (C=O) groups is 2. The highest BCUT2D eigenvalue weighted by Gasteiger charge is 2.31. The van der Waals surface area contributed by atoms with Gasteiger partial charge in [0.2, 0.25) is 0 Å². The van der Waals surface area contributed by atoms with Gasteiger partial charge in [-0.1, -0.05) is 91.0 Å². The van der Waals surface area contributed by atoms with Gasteiger partial charge in [-0.15, -0.1) is 0 Å². The number of carbonyl (C=O) groups excluding carboxylic acids is 2. The number of rotatable bonds is 8. The lowest BCUT2D eigenvalue weighted by atomic mass is 9.99. The molecule has 0 aliphatic rings. The van der Waals surface area contributed by atoms with Crippen molar-refractivity contribution in [2.24, 2.45) is 0 Å². The molecule has 160 valence electrons. The number of urea groups is 1. The molecule has 0 aliphatic heterocycles. The number of hydrogen-bond acceptors (Lipinski definition) is 4. The van der Waals surface area contributed by atoms with Crippen LogP contribution in [0, 0.1) is 0 Å². The highest BCUT2D eigenvalue weighted by Crippen LogP contribution is 2.22. The first kappa shape index (κ1) is 22.1. The quantitative estimate of drug-likeness (QED) is 0.486. The van der Waals surface area contributed by atoms with Crippen molar-refractivity contribution in [3.8, 4) is 0 Å². The molecule has 3 N–H and O–H groups in total. The lowest BCUT2D eigenvalue weighted by molar-refractivity contribution is -0.148. The fourth-order valence-corrected chi connectivity index (χ4v) is 3.31. The molecule has 0 saturated heterocycles. The minimum atomic E-state index is -1.26. The van der Waals surface area contributed by atoms with Gasteiger partial charge in [0.25, 0.3) is 0 Å². The first-order valence-electron chi connectivity index (χ1n) is 10.2. The molecule has 0 aliphatic carbocycles. The second-order valence-electron chi connectivity index (χ2n) is 6.96. The summed E-state index contributed by atoms with van der Waals surface area (Å²) in [6.45, 7) is 1.81. The van der Waals surface area contributed by atoms with Crippen molar-refractivity contribution in [3.05, 3.63) is 108 Å². The van der Waals surface area contributed by atoms with Crippen LogP contribution in [0.3, 0.4) is 0 Å². The molecule has 6 heteroatoms. The van der Waals surface area contributed by atoms with Gasteiger partial charge in [-0.3, -0.25) is 0 Å². The van der Waals surface area contributed by atoms with Gasteiger partial charge in [0.1, 0.15) is 6.10 Å². The standard InChI is InChI=1S/C25H26N2O4/c1-2-31-24(29)22(23(28)20-16-10-5-11-17-20)27-25(30)26-21(18-12-6-3-7-13-18)19-14-8-4-9-15-19/h3-17,21-23,28H,2H2,1H3,(H2,26,27,30). The Labute approximate surface area is 181 Å². The highest BCUT2D eigenvalue weighted by atomic mass is 16.5. The topological polar surface area (TPSA) is 87.7 Å². The van der Waals surface area contributed by atoms with Crippen molar-refractivity contribution < 1.29 is 19.4 Å². The molecule has 0 heterocycles. The van der Waals surface area contributed by atoms with Crippen LogP contribution in [-0.2, 0) is 9.53 Å². The smallest absolute Gasteiger partial charge is 0.331 e. The first-order chi connectivity index (χ1) is 15.1. The molecule has 31 heavy (non-hydrogen) atoms. The molecule has 0 saturated carbocycles. The lowest BCUT2D eigenvalue weighted by Gasteiger charge is -2.25. The maximum atomic E-state index is 12.9. The van der Waals surface area contributed by atoms with E-state index >= 15 is 0 Å². The minimum Gasteiger partial charge on any atom is -0.464 e. The summed E-state index contributed by atoms with van der Waals surface area (Å²) in [5, 5.41) is 16.3. The van der Waals surface area contributed by atoms with Crippen molar-refractivity contribution in [1.29, 1.82) is 0 Å². The van der Waals surface area contributed by atoms with Crippen molar-refractivity contribution >= 4 is 12.0 Å². The van der Waals surface area contributed by atoms with Crippen LogP contribution >= 0.6 is 0 Å². The summed E-state index contributed by atoms with van der Waals surface area (Å²) in [4.78, 5) is 25.4. The summed E-state index contributed by atoms with van der Waals surface area (Å²) in [5.41, 5.74) is 2.28. The van der Waals surface area contributed by atoms with E-state index in [1.54, 1.807) is 37.3 Å². The Balaban J connectivity index is 1.82. The average Bonchev–Trinajstić information content (AvgIpc) is 2.82. The van der Waals surface area contributed by atoms with E-state index in [9.17, 15) is 14.7 Å². The van der Waals surface area contributed by atoms with Crippen LogP contribution in [0.4, 0.5) is 4.79 Å². The fourth-order valence-electron chi connectivity index (χ4n) is 3.31. The third kappa shape index (κ3) is 5.93. The number of aliphatic hydroxyl groups excluding tert-OH is 1. The molecule has 6 nitrogen and oxygen atoms in total. The van der Waals surface area contributed by atoms with Gasteiger partial charge in [0.15, 0.2) is 6.04 Å². The third-order valence-electron chi connectivity index (χ3n) is 4.83. The van der Waals surface area contributed by atoms with Gasteiger partial charge in [-0.25, -0.2) is 9.59 Å². The molecule has 0 radical (unpaired) electrons. The molecule has 2 unspecified atom stereocenters. The van der Waals surface area contributed by atoms with Crippen molar-refractivity contribution in [2.45, 2.75) is 25.1 Å². The zero-order valence-electron chi connectivity index (χ0n) is 17.3. The Morgan fingerprint density at radius 3 is 1.68 bits per heavy atom. The van der Waals surface area contributed by atoms with Gasteiger partial charge in [0, 0.05) is 0 Å². The maximum absolute atomic E-state index is 12.9. The van der Waals surface area contributed by atoms with E-state index < -0.39 is 30.2 Å². The van der Waals surface area contributed by atoms with Gasteiger partial charge in [-0.05, 0) is 23.6 Å². The summed E-state index contributed by atoms with van der Waals surface area (Å²) in [6, 6.07) is 25.5. The molecule has 0 spiro atoms. The molecular formula is C25H26N2O4. The second kappa shape index (κ2) is 10.9. The Bertz CT molecular complexity index is 925.